The summed E-state index contributed by atoms with van der Waals surface area (Å²) >= 11 is 0. The molecule has 8 heteroatoms. The van der Waals surface area contributed by atoms with Gasteiger partial charge in [0.15, 0.2) is 17.6 Å². The minimum atomic E-state index is -0.989. The van der Waals surface area contributed by atoms with Crippen LogP contribution >= 0.6 is 0 Å². The number of amides is 2. The second-order valence-electron chi connectivity index (χ2n) is 6.47. The number of carbonyl (C=O) groups is 3. The molecule has 2 aromatic rings. The first kappa shape index (κ1) is 20.9. The molecule has 3 rings (SSSR count). The van der Waals surface area contributed by atoms with E-state index in [4.69, 9.17) is 14.2 Å². The summed E-state index contributed by atoms with van der Waals surface area (Å²) in [4.78, 5) is 35.9. The van der Waals surface area contributed by atoms with Crippen LogP contribution in [0.3, 0.4) is 0 Å². The molecule has 2 aromatic carbocycles. The van der Waals surface area contributed by atoms with Gasteiger partial charge in [0, 0.05) is 24.4 Å². The molecule has 2 N–H and O–H groups in total. The minimum absolute atomic E-state index is 0.0490. The van der Waals surface area contributed by atoms with Crippen LogP contribution in [0.1, 0.15) is 18.9 Å². The second-order valence-corrected chi connectivity index (χ2v) is 6.47. The van der Waals surface area contributed by atoms with E-state index in [1.807, 2.05) is 30.3 Å². The lowest BCUT2D eigenvalue weighted by Crippen LogP contribution is -2.31. The van der Waals surface area contributed by atoms with Crippen LogP contribution in [0.15, 0.2) is 54.6 Å². The van der Waals surface area contributed by atoms with Crippen molar-refractivity contribution in [1.29, 1.82) is 0 Å². The first-order valence-corrected chi connectivity index (χ1v) is 9.42. The fourth-order valence-corrected chi connectivity index (χ4v) is 2.61. The van der Waals surface area contributed by atoms with Crippen molar-refractivity contribution in [2.24, 2.45) is 0 Å². The van der Waals surface area contributed by atoms with Gasteiger partial charge in [0.2, 0.25) is 12.7 Å². The highest BCUT2D eigenvalue weighted by molar-refractivity contribution is 5.95. The maximum atomic E-state index is 12.2. The fraction of sp³-hybridized carbons (Fsp3) is 0.227. The number of ether oxygens (including phenoxy) is 3. The van der Waals surface area contributed by atoms with Crippen LogP contribution in [-0.2, 0) is 19.1 Å². The number of rotatable bonds is 8. The third kappa shape index (κ3) is 6.10. The van der Waals surface area contributed by atoms with Crippen LogP contribution in [0.2, 0.25) is 0 Å². The highest BCUT2D eigenvalue weighted by atomic mass is 16.7. The highest BCUT2D eigenvalue weighted by Gasteiger charge is 2.19. The van der Waals surface area contributed by atoms with Crippen molar-refractivity contribution in [2.75, 3.05) is 18.7 Å². The SMILES string of the molecule is C[C@@H](OC(=O)CCNC(=O)/C=C/c1ccccc1)C(=O)Nc1ccc2c(c1)OCO2. The monoisotopic (exact) mass is 410 g/mol. The Morgan fingerprint density at radius 2 is 1.87 bits per heavy atom. The highest BCUT2D eigenvalue weighted by Crippen LogP contribution is 2.34. The van der Waals surface area contributed by atoms with E-state index in [1.54, 1.807) is 24.3 Å². The lowest BCUT2D eigenvalue weighted by atomic mass is 10.2. The predicted octanol–water partition coefficient (Wildman–Crippen LogP) is 2.51. The third-order valence-corrected chi connectivity index (χ3v) is 4.17. The average Bonchev–Trinajstić information content (AvgIpc) is 3.21. The zero-order valence-corrected chi connectivity index (χ0v) is 16.4. The van der Waals surface area contributed by atoms with Gasteiger partial charge in [-0.2, -0.15) is 0 Å². The van der Waals surface area contributed by atoms with E-state index in [1.165, 1.54) is 13.0 Å². The number of hydrogen-bond donors (Lipinski definition) is 2. The molecule has 1 atom stereocenters. The summed E-state index contributed by atoms with van der Waals surface area (Å²) in [6.07, 6.45) is 2.03. The molecule has 1 heterocycles. The van der Waals surface area contributed by atoms with Crippen molar-refractivity contribution in [3.63, 3.8) is 0 Å². The van der Waals surface area contributed by atoms with E-state index in [-0.39, 0.29) is 25.7 Å². The number of hydrogen-bond acceptors (Lipinski definition) is 6. The normalized spacial score (nSPS) is 13.0. The van der Waals surface area contributed by atoms with Gasteiger partial charge in [0.05, 0.1) is 6.42 Å². The smallest absolute Gasteiger partial charge is 0.308 e. The van der Waals surface area contributed by atoms with Gasteiger partial charge in [-0.1, -0.05) is 30.3 Å². The van der Waals surface area contributed by atoms with E-state index in [2.05, 4.69) is 10.6 Å². The Balaban J connectivity index is 1.37. The molecule has 0 fully saturated rings. The van der Waals surface area contributed by atoms with Crippen molar-refractivity contribution < 1.29 is 28.6 Å². The van der Waals surface area contributed by atoms with Crippen LogP contribution < -0.4 is 20.1 Å². The van der Waals surface area contributed by atoms with Crippen LogP contribution in [0.25, 0.3) is 6.08 Å². The van der Waals surface area contributed by atoms with E-state index >= 15 is 0 Å². The maximum Gasteiger partial charge on any atom is 0.308 e. The number of esters is 1. The second kappa shape index (κ2) is 10.1. The summed E-state index contributed by atoms with van der Waals surface area (Å²) in [5, 5.41) is 5.25. The molecule has 1 aliphatic rings. The number of fused-ring (bicyclic) bond motifs is 1. The number of benzene rings is 2. The van der Waals surface area contributed by atoms with Crippen molar-refractivity contribution in [1.82, 2.24) is 5.32 Å². The Bertz CT molecular complexity index is 942. The molecule has 1 aliphatic heterocycles. The standard InChI is InChI=1S/C22H22N2O6/c1-15(22(27)24-17-8-9-18-19(13-17)29-14-28-18)30-21(26)11-12-23-20(25)10-7-16-5-3-2-4-6-16/h2-10,13,15H,11-12,14H2,1H3,(H,23,25)(H,24,27)/b10-7+/t15-/m1/s1. The molecule has 0 radical (unpaired) electrons. The predicted molar refractivity (Wildman–Crippen MR) is 110 cm³/mol. The summed E-state index contributed by atoms with van der Waals surface area (Å²) in [6.45, 7) is 1.72. The quantitative estimate of drug-likeness (QED) is 0.512. The first-order chi connectivity index (χ1) is 14.5. The Labute approximate surface area is 173 Å². The van der Waals surface area contributed by atoms with Gasteiger partial charge in [0.1, 0.15) is 0 Å². The lowest BCUT2D eigenvalue weighted by molar-refractivity contribution is -0.153. The van der Waals surface area contributed by atoms with Crippen molar-refractivity contribution in [2.45, 2.75) is 19.4 Å². The molecular formula is C22H22N2O6. The van der Waals surface area contributed by atoms with E-state index in [0.29, 0.717) is 17.2 Å². The zero-order valence-electron chi connectivity index (χ0n) is 16.4. The van der Waals surface area contributed by atoms with E-state index < -0.39 is 18.0 Å². The minimum Gasteiger partial charge on any atom is -0.454 e. The van der Waals surface area contributed by atoms with Gasteiger partial charge in [-0.3, -0.25) is 14.4 Å². The molecule has 0 saturated heterocycles. The summed E-state index contributed by atoms with van der Waals surface area (Å²) in [5.41, 5.74) is 1.40. The van der Waals surface area contributed by atoms with Gasteiger partial charge >= 0.3 is 5.97 Å². The number of anilines is 1. The molecule has 156 valence electrons. The van der Waals surface area contributed by atoms with Crippen molar-refractivity contribution in [3.05, 3.63) is 60.2 Å². The van der Waals surface area contributed by atoms with Gasteiger partial charge in [-0.05, 0) is 30.7 Å². The van der Waals surface area contributed by atoms with Crippen molar-refractivity contribution in [3.8, 4) is 11.5 Å². The van der Waals surface area contributed by atoms with Gasteiger partial charge in [0.25, 0.3) is 5.91 Å². The third-order valence-electron chi connectivity index (χ3n) is 4.17. The Kier molecular flexibility index (Phi) is 7.05. The van der Waals surface area contributed by atoms with Crippen LogP contribution in [0.4, 0.5) is 5.69 Å². The molecule has 0 aromatic heterocycles. The largest absolute Gasteiger partial charge is 0.454 e. The molecular weight excluding hydrogens is 388 g/mol. The molecule has 0 unspecified atom stereocenters. The van der Waals surface area contributed by atoms with Crippen LogP contribution in [0, 0.1) is 0 Å². The first-order valence-electron chi connectivity index (χ1n) is 9.42. The van der Waals surface area contributed by atoms with E-state index in [9.17, 15) is 14.4 Å². The van der Waals surface area contributed by atoms with Crippen LogP contribution in [-0.4, -0.2) is 37.2 Å². The fourth-order valence-electron chi connectivity index (χ4n) is 2.61. The molecule has 0 spiro atoms. The van der Waals surface area contributed by atoms with Crippen LogP contribution in [0.5, 0.6) is 11.5 Å². The Hall–Kier alpha value is -3.81. The molecule has 0 aliphatic carbocycles. The number of carbonyl (C=O) groups excluding carboxylic acids is 3. The summed E-state index contributed by atoms with van der Waals surface area (Å²) in [6, 6.07) is 14.4. The molecule has 30 heavy (non-hydrogen) atoms. The summed E-state index contributed by atoms with van der Waals surface area (Å²) in [7, 11) is 0. The average molecular weight is 410 g/mol. The topological polar surface area (TPSA) is 103 Å². The number of nitrogens with one attached hydrogen (secondary N) is 2. The zero-order chi connectivity index (χ0) is 21.3. The molecule has 0 bridgehead atoms. The Morgan fingerprint density at radius 3 is 2.67 bits per heavy atom. The Morgan fingerprint density at radius 1 is 1.10 bits per heavy atom. The van der Waals surface area contributed by atoms with Gasteiger partial charge < -0.3 is 24.8 Å². The summed E-state index contributed by atoms with van der Waals surface area (Å²) < 4.78 is 15.6. The summed E-state index contributed by atoms with van der Waals surface area (Å²) in [5.74, 6) is -0.240. The van der Waals surface area contributed by atoms with Crippen molar-refractivity contribution >= 4 is 29.5 Å². The lowest BCUT2D eigenvalue weighted by Gasteiger charge is -2.14. The molecule has 2 amide bonds. The van der Waals surface area contributed by atoms with E-state index in [0.717, 1.165) is 5.56 Å². The maximum absolute atomic E-state index is 12.2. The van der Waals surface area contributed by atoms with Gasteiger partial charge in [-0.25, -0.2) is 0 Å². The van der Waals surface area contributed by atoms with Gasteiger partial charge in [-0.15, -0.1) is 0 Å². The molecule has 8 nitrogen and oxygen atoms in total. The molecule has 0 saturated carbocycles.